The summed E-state index contributed by atoms with van der Waals surface area (Å²) in [6.07, 6.45) is 0.450. The van der Waals surface area contributed by atoms with Crippen molar-refractivity contribution in [3.63, 3.8) is 0 Å². The van der Waals surface area contributed by atoms with Gasteiger partial charge in [-0.1, -0.05) is 42.5 Å². The molecule has 5 nitrogen and oxygen atoms in total. The second-order valence-electron chi connectivity index (χ2n) is 5.99. The van der Waals surface area contributed by atoms with Crippen molar-refractivity contribution >= 4 is 16.7 Å². The Balaban J connectivity index is 1.70. The van der Waals surface area contributed by atoms with Gasteiger partial charge in [-0.25, -0.2) is 4.79 Å². The van der Waals surface area contributed by atoms with Crippen molar-refractivity contribution in [2.75, 3.05) is 7.11 Å². The van der Waals surface area contributed by atoms with Crippen LogP contribution in [-0.2, 0) is 20.9 Å². The van der Waals surface area contributed by atoms with E-state index in [9.17, 15) is 9.90 Å². The smallest absolute Gasteiger partial charge is 0.333 e. The van der Waals surface area contributed by atoms with Crippen LogP contribution in [0.1, 0.15) is 12.0 Å². The Kier molecular flexibility index (Phi) is 4.94. The van der Waals surface area contributed by atoms with Crippen molar-refractivity contribution in [3.8, 4) is 0 Å². The molecular formula is C19H21NO4. The summed E-state index contributed by atoms with van der Waals surface area (Å²) in [5.74, 6) is -0.434. The van der Waals surface area contributed by atoms with Gasteiger partial charge in [0.15, 0.2) is 0 Å². The highest BCUT2D eigenvalue weighted by atomic mass is 16.5. The Morgan fingerprint density at radius 3 is 2.75 bits per heavy atom. The highest BCUT2D eigenvalue weighted by Crippen LogP contribution is 2.24. The zero-order valence-corrected chi connectivity index (χ0v) is 13.5. The topological polar surface area (TPSA) is 81.8 Å². The van der Waals surface area contributed by atoms with E-state index in [2.05, 4.69) is 12.1 Å². The molecule has 3 N–H and O–H groups in total. The SMILES string of the molecule is COC(=O)C1=C[C@H](N)[C@@H](O)[C@H](OCc2ccc3ccccc3c2)C1. The summed E-state index contributed by atoms with van der Waals surface area (Å²) in [4.78, 5) is 11.7. The molecule has 2 aromatic rings. The van der Waals surface area contributed by atoms with E-state index in [1.807, 2.05) is 30.3 Å². The van der Waals surface area contributed by atoms with Crippen molar-refractivity contribution in [2.45, 2.75) is 31.3 Å². The molecule has 3 rings (SSSR count). The van der Waals surface area contributed by atoms with Gasteiger partial charge in [-0.15, -0.1) is 0 Å². The van der Waals surface area contributed by atoms with Crippen LogP contribution in [0, 0.1) is 0 Å². The molecule has 0 amide bonds. The minimum atomic E-state index is -0.848. The second-order valence-corrected chi connectivity index (χ2v) is 5.99. The first kappa shape index (κ1) is 16.6. The fourth-order valence-corrected chi connectivity index (χ4v) is 2.96. The number of carbonyl (C=O) groups excluding carboxylic acids is 1. The molecule has 2 aromatic carbocycles. The maximum atomic E-state index is 11.7. The number of hydrogen-bond donors (Lipinski definition) is 2. The van der Waals surface area contributed by atoms with E-state index in [1.165, 1.54) is 7.11 Å². The van der Waals surface area contributed by atoms with Gasteiger partial charge >= 0.3 is 5.97 Å². The highest BCUT2D eigenvalue weighted by molar-refractivity contribution is 5.88. The van der Waals surface area contributed by atoms with Gasteiger partial charge in [-0.2, -0.15) is 0 Å². The molecule has 0 heterocycles. The van der Waals surface area contributed by atoms with E-state index in [0.717, 1.165) is 16.3 Å². The molecule has 1 aliphatic carbocycles. The maximum absolute atomic E-state index is 11.7. The lowest BCUT2D eigenvalue weighted by Gasteiger charge is -2.31. The molecule has 0 bridgehead atoms. The number of nitrogens with two attached hydrogens (primary N) is 1. The van der Waals surface area contributed by atoms with E-state index < -0.39 is 24.2 Å². The average molecular weight is 327 g/mol. The molecule has 0 spiro atoms. The fraction of sp³-hybridized carbons (Fsp3) is 0.316. The van der Waals surface area contributed by atoms with Gasteiger partial charge in [-0.05, 0) is 22.4 Å². The van der Waals surface area contributed by atoms with Gasteiger partial charge < -0.3 is 20.3 Å². The van der Waals surface area contributed by atoms with Crippen molar-refractivity contribution in [3.05, 3.63) is 59.7 Å². The number of benzene rings is 2. The number of hydrogen-bond acceptors (Lipinski definition) is 5. The van der Waals surface area contributed by atoms with Gasteiger partial charge in [0, 0.05) is 12.0 Å². The van der Waals surface area contributed by atoms with E-state index in [4.69, 9.17) is 15.2 Å². The first-order valence-corrected chi connectivity index (χ1v) is 7.90. The lowest BCUT2D eigenvalue weighted by Crippen LogP contribution is -2.47. The molecule has 0 aliphatic heterocycles. The summed E-state index contributed by atoms with van der Waals surface area (Å²) in [5.41, 5.74) is 7.33. The van der Waals surface area contributed by atoms with Crippen LogP contribution in [0.4, 0.5) is 0 Å². The Morgan fingerprint density at radius 1 is 1.25 bits per heavy atom. The maximum Gasteiger partial charge on any atom is 0.333 e. The predicted molar refractivity (Wildman–Crippen MR) is 91.2 cm³/mol. The lowest BCUT2D eigenvalue weighted by molar-refractivity contribution is -0.137. The number of rotatable bonds is 4. The van der Waals surface area contributed by atoms with Crippen LogP contribution in [0.3, 0.4) is 0 Å². The first-order chi connectivity index (χ1) is 11.6. The average Bonchev–Trinajstić information content (AvgIpc) is 2.61. The molecule has 0 unspecified atom stereocenters. The van der Waals surface area contributed by atoms with Gasteiger partial charge in [0.05, 0.1) is 32.0 Å². The second kappa shape index (κ2) is 7.13. The third kappa shape index (κ3) is 3.48. The van der Waals surface area contributed by atoms with E-state index in [1.54, 1.807) is 6.08 Å². The Labute approximate surface area is 140 Å². The normalized spacial score (nSPS) is 23.8. The van der Waals surface area contributed by atoms with E-state index in [0.29, 0.717) is 12.2 Å². The summed E-state index contributed by atoms with van der Waals surface area (Å²) in [6, 6.07) is 13.5. The molecule has 0 fully saturated rings. The van der Waals surface area contributed by atoms with E-state index >= 15 is 0 Å². The quantitative estimate of drug-likeness (QED) is 0.839. The monoisotopic (exact) mass is 327 g/mol. The molecule has 0 saturated carbocycles. The molecule has 5 heteroatoms. The molecule has 0 radical (unpaired) electrons. The number of aliphatic hydroxyl groups is 1. The predicted octanol–water partition coefficient (Wildman–Crippen LogP) is 1.92. The van der Waals surface area contributed by atoms with Crippen LogP contribution in [0.5, 0.6) is 0 Å². The van der Waals surface area contributed by atoms with Crippen molar-refractivity contribution in [2.24, 2.45) is 5.73 Å². The van der Waals surface area contributed by atoms with Crippen LogP contribution in [0.25, 0.3) is 10.8 Å². The molecule has 3 atom stereocenters. The Hall–Kier alpha value is -2.21. The number of aliphatic hydroxyl groups excluding tert-OH is 1. The van der Waals surface area contributed by atoms with Crippen LogP contribution in [0.15, 0.2) is 54.1 Å². The molecule has 0 saturated heterocycles. The zero-order chi connectivity index (χ0) is 17.1. The van der Waals surface area contributed by atoms with Crippen molar-refractivity contribution in [1.29, 1.82) is 0 Å². The first-order valence-electron chi connectivity index (χ1n) is 7.90. The highest BCUT2D eigenvalue weighted by Gasteiger charge is 2.33. The van der Waals surface area contributed by atoms with E-state index in [-0.39, 0.29) is 6.42 Å². The third-order valence-electron chi connectivity index (χ3n) is 4.32. The molecule has 0 aromatic heterocycles. The Bertz CT molecular complexity index is 771. The van der Waals surface area contributed by atoms with Crippen LogP contribution in [0.2, 0.25) is 0 Å². The largest absolute Gasteiger partial charge is 0.466 e. The number of methoxy groups -OCH3 is 1. The van der Waals surface area contributed by atoms with Gasteiger partial charge in [0.25, 0.3) is 0 Å². The molecule has 1 aliphatic rings. The van der Waals surface area contributed by atoms with Crippen molar-refractivity contribution in [1.82, 2.24) is 0 Å². The summed E-state index contributed by atoms with van der Waals surface area (Å²) >= 11 is 0. The third-order valence-corrected chi connectivity index (χ3v) is 4.32. The van der Waals surface area contributed by atoms with Crippen LogP contribution < -0.4 is 5.73 Å². The van der Waals surface area contributed by atoms with Crippen molar-refractivity contribution < 1.29 is 19.4 Å². The minimum Gasteiger partial charge on any atom is -0.466 e. The molecular weight excluding hydrogens is 306 g/mol. The summed E-state index contributed by atoms with van der Waals surface area (Å²) in [7, 11) is 1.32. The summed E-state index contributed by atoms with van der Waals surface area (Å²) < 4.78 is 10.6. The number of ether oxygens (including phenoxy) is 2. The van der Waals surface area contributed by atoms with Gasteiger partial charge in [0.2, 0.25) is 0 Å². The summed E-state index contributed by atoms with van der Waals surface area (Å²) in [6.45, 7) is 0.341. The minimum absolute atomic E-state index is 0.287. The number of fused-ring (bicyclic) bond motifs is 1. The summed E-state index contributed by atoms with van der Waals surface area (Å²) in [5, 5.41) is 12.5. The zero-order valence-electron chi connectivity index (χ0n) is 13.5. The molecule has 126 valence electrons. The van der Waals surface area contributed by atoms with Crippen LogP contribution in [-0.4, -0.2) is 36.4 Å². The fourth-order valence-electron chi connectivity index (χ4n) is 2.96. The number of carbonyl (C=O) groups is 1. The lowest BCUT2D eigenvalue weighted by atomic mass is 9.91. The van der Waals surface area contributed by atoms with Crippen LogP contribution >= 0.6 is 0 Å². The van der Waals surface area contributed by atoms with Gasteiger partial charge in [0.1, 0.15) is 0 Å². The standard InChI is InChI=1S/C19H21NO4/c1-23-19(22)15-9-16(20)18(21)17(10-15)24-11-12-6-7-13-4-2-3-5-14(13)8-12/h2-9,16-18,21H,10-11,20H2,1H3/t16-,17+,18+/m0/s1. The molecule has 24 heavy (non-hydrogen) atoms. The van der Waals surface area contributed by atoms with Gasteiger partial charge in [-0.3, -0.25) is 0 Å². The Morgan fingerprint density at radius 2 is 2.00 bits per heavy atom. The number of esters is 1.